The minimum absolute atomic E-state index is 0.171. The van der Waals surface area contributed by atoms with Crippen molar-refractivity contribution in [3.05, 3.63) is 95.8 Å². The van der Waals surface area contributed by atoms with Crippen LogP contribution in [0.15, 0.2) is 84.0 Å². The van der Waals surface area contributed by atoms with Gasteiger partial charge in [0.2, 0.25) is 0 Å². The molecule has 3 aromatic rings. The Morgan fingerprint density at radius 2 is 1.79 bits per heavy atom. The summed E-state index contributed by atoms with van der Waals surface area (Å²) < 4.78 is 0. The molecule has 2 aromatic carbocycles. The van der Waals surface area contributed by atoms with Crippen LogP contribution < -0.4 is 0 Å². The first-order valence-electron chi connectivity index (χ1n) is 10.3. The van der Waals surface area contributed by atoms with Gasteiger partial charge in [-0.2, -0.15) is 0 Å². The summed E-state index contributed by atoms with van der Waals surface area (Å²) in [6, 6.07) is 23.0. The van der Waals surface area contributed by atoms with Gasteiger partial charge in [0.1, 0.15) is 0 Å². The molecule has 3 nitrogen and oxygen atoms in total. The Morgan fingerprint density at radius 3 is 2.55 bits per heavy atom. The maximum atomic E-state index is 13.1. The fraction of sp³-hybridized carbons (Fsp3) is 0.280. The van der Waals surface area contributed by atoms with Gasteiger partial charge in [-0.25, -0.2) is 0 Å². The number of carbonyl (C=O) groups excluding carboxylic acids is 1. The predicted molar refractivity (Wildman–Crippen MR) is 119 cm³/mol. The first-order chi connectivity index (χ1) is 14.3. The number of aryl methyl sites for hydroxylation is 1. The summed E-state index contributed by atoms with van der Waals surface area (Å²) in [6.45, 7) is 0.871. The second kappa shape index (κ2) is 9.75. The van der Waals surface area contributed by atoms with Crippen molar-refractivity contribution in [2.75, 3.05) is 6.54 Å². The SMILES string of the molecule is O=C(c1ccc(SCc2cccnc2)cc1)N1CCCC1CCc1ccccc1. The number of rotatable bonds is 7. The molecule has 4 heteroatoms. The highest BCUT2D eigenvalue weighted by Gasteiger charge is 2.29. The Labute approximate surface area is 177 Å². The molecule has 1 fully saturated rings. The average molecular weight is 403 g/mol. The van der Waals surface area contributed by atoms with Crippen LogP contribution in [0, 0.1) is 0 Å². The van der Waals surface area contributed by atoms with Crippen molar-refractivity contribution in [2.24, 2.45) is 0 Å². The number of hydrogen-bond donors (Lipinski definition) is 0. The van der Waals surface area contributed by atoms with Gasteiger partial charge in [-0.1, -0.05) is 36.4 Å². The van der Waals surface area contributed by atoms with E-state index in [0.717, 1.165) is 43.5 Å². The van der Waals surface area contributed by atoms with Crippen molar-refractivity contribution in [3.63, 3.8) is 0 Å². The largest absolute Gasteiger partial charge is 0.336 e. The van der Waals surface area contributed by atoms with Crippen LogP contribution in [0.25, 0.3) is 0 Å². The standard InChI is InChI=1S/C25H26N2OS/c28-25(27-17-5-9-23(27)13-10-20-6-2-1-3-7-20)22-11-14-24(15-12-22)29-19-21-8-4-16-26-18-21/h1-4,6-8,11-12,14-16,18,23H,5,9-10,13,17,19H2. The molecule has 1 amide bonds. The van der Waals surface area contributed by atoms with E-state index in [-0.39, 0.29) is 5.91 Å². The predicted octanol–water partition coefficient (Wildman–Crippen LogP) is 5.61. The van der Waals surface area contributed by atoms with E-state index in [2.05, 4.69) is 52.3 Å². The third-order valence-corrected chi connectivity index (χ3v) is 6.56. The van der Waals surface area contributed by atoms with Crippen molar-refractivity contribution < 1.29 is 4.79 Å². The van der Waals surface area contributed by atoms with Crippen LogP contribution in [-0.2, 0) is 12.2 Å². The molecular weight excluding hydrogens is 376 g/mol. The topological polar surface area (TPSA) is 33.2 Å². The number of thioether (sulfide) groups is 1. The van der Waals surface area contributed by atoms with Crippen molar-refractivity contribution in [1.29, 1.82) is 0 Å². The lowest BCUT2D eigenvalue weighted by molar-refractivity contribution is 0.0730. The summed E-state index contributed by atoms with van der Waals surface area (Å²) in [4.78, 5) is 20.5. The number of amides is 1. The van der Waals surface area contributed by atoms with E-state index in [1.807, 2.05) is 30.5 Å². The lowest BCUT2D eigenvalue weighted by atomic mass is 10.0. The second-order valence-electron chi connectivity index (χ2n) is 7.49. The Hall–Kier alpha value is -2.59. The molecule has 0 saturated carbocycles. The second-order valence-corrected chi connectivity index (χ2v) is 8.54. The summed E-state index contributed by atoms with van der Waals surface area (Å²) in [5.74, 6) is 1.05. The van der Waals surface area contributed by atoms with Crippen LogP contribution in [0.5, 0.6) is 0 Å². The zero-order valence-corrected chi connectivity index (χ0v) is 17.4. The quantitative estimate of drug-likeness (QED) is 0.482. The van der Waals surface area contributed by atoms with Gasteiger partial charge in [-0.05, 0) is 67.1 Å². The van der Waals surface area contributed by atoms with E-state index in [9.17, 15) is 4.79 Å². The third-order valence-electron chi connectivity index (χ3n) is 5.48. The van der Waals surface area contributed by atoms with E-state index in [1.54, 1.807) is 18.0 Å². The molecule has 1 aliphatic rings. The normalized spacial score (nSPS) is 16.1. The molecule has 0 spiro atoms. The minimum atomic E-state index is 0.171. The molecule has 2 heterocycles. The summed E-state index contributed by atoms with van der Waals surface area (Å²) in [5.41, 5.74) is 3.35. The number of nitrogens with zero attached hydrogens (tertiary/aromatic N) is 2. The van der Waals surface area contributed by atoms with Gasteiger partial charge in [-0.15, -0.1) is 11.8 Å². The van der Waals surface area contributed by atoms with Crippen molar-refractivity contribution >= 4 is 17.7 Å². The summed E-state index contributed by atoms with van der Waals surface area (Å²) in [7, 11) is 0. The van der Waals surface area contributed by atoms with Crippen LogP contribution in [-0.4, -0.2) is 28.4 Å². The van der Waals surface area contributed by atoms with Crippen LogP contribution in [0.3, 0.4) is 0 Å². The zero-order valence-electron chi connectivity index (χ0n) is 16.5. The van der Waals surface area contributed by atoms with Crippen LogP contribution in [0.4, 0.5) is 0 Å². The lowest BCUT2D eigenvalue weighted by Crippen LogP contribution is -2.35. The Morgan fingerprint density at radius 1 is 1.00 bits per heavy atom. The number of likely N-dealkylation sites (tertiary alicyclic amines) is 1. The molecule has 1 unspecified atom stereocenters. The van der Waals surface area contributed by atoms with Crippen molar-refractivity contribution in [3.8, 4) is 0 Å². The van der Waals surface area contributed by atoms with Gasteiger partial charge >= 0.3 is 0 Å². The molecule has 0 radical (unpaired) electrons. The van der Waals surface area contributed by atoms with Gasteiger partial charge in [0.25, 0.3) is 5.91 Å². The van der Waals surface area contributed by atoms with Gasteiger partial charge in [0, 0.05) is 41.2 Å². The summed E-state index contributed by atoms with van der Waals surface area (Å²) in [5, 5.41) is 0. The molecule has 148 valence electrons. The first kappa shape index (κ1) is 19.7. The van der Waals surface area contributed by atoms with Gasteiger partial charge in [0.15, 0.2) is 0 Å². The van der Waals surface area contributed by atoms with E-state index in [1.165, 1.54) is 16.0 Å². The van der Waals surface area contributed by atoms with E-state index in [0.29, 0.717) is 6.04 Å². The molecular formula is C25H26N2OS. The highest BCUT2D eigenvalue weighted by atomic mass is 32.2. The van der Waals surface area contributed by atoms with E-state index < -0.39 is 0 Å². The molecule has 1 aromatic heterocycles. The molecule has 1 aliphatic heterocycles. The number of pyridine rings is 1. The smallest absolute Gasteiger partial charge is 0.254 e. The van der Waals surface area contributed by atoms with Crippen molar-refractivity contribution in [1.82, 2.24) is 9.88 Å². The van der Waals surface area contributed by atoms with Gasteiger partial charge < -0.3 is 4.90 Å². The maximum Gasteiger partial charge on any atom is 0.254 e. The zero-order chi connectivity index (χ0) is 19.9. The highest BCUT2D eigenvalue weighted by molar-refractivity contribution is 7.98. The molecule has 29 heavy (non-hydrogen) atoms. The van der Waals surface area contributed by atoms with Crippen LogP contribution >= 0.6 is 11.8 Å². The van der Waals surface area contributed by atoms with Crippen molar-refractivity contribution in [2.45, 2.75) is 42.4 Å². The van der Waals surface area contributed by atoms with Gasteiger partial charge in [0.05, 0.1) is 0 Å². The molecule has 1 atom stereocenters. The molecule has 4 rings (SSSR count). The molecule has 0 N–H and O–H groups in total. The van der Waals surface area contributed by atoms with Crippen LogP contribution in [0.1, 0.15) is 40.7 Å². The van der Waals surface area contributed by atoms with Crippen LogP contribution in [0.2, 0.25) is 0 Å². The Balaban J connectivity index is 1.34. The average Bonchev–Trinajstić information content (AvgIpc) is 3.26. The van der Waals surface area contributed by atoms with E-state index in [4.69, 9.17) is 0 Å². The third kappa shape index (κ3) is 5.27. The molecule has 1 saturated heterocycles. The Kier molecular flexibility index (Phi) is 6.63. The summed E-state index contributed by atoms with van der Waals surface area (Å²) >= 11 is 1.77. The molecule has 0 aliphatic carbocycles. The number of aromatic nitrogens is 1. The fourth-order valence-corrected chi connectivity index (χ4v) is 4.72. The van der Waals surface area contributed by atoms with Gasteiger partial charge in [-0.3, -0.25) is 9.78 Å². The number of benzene rings is 2. The molecule has 0 bridgehead atoms. The lowest BCUT2D eigenvalue weighted by Gasteiger charge is -2.25. The number of carbonyl (C=O) groups is 1. The monoisotopic (exact) mass is 402 g/mol. The highest BCUT2D eigenvalue weighted by Crippen LogP contribution is 2.26. The summed E-state index contributed by atoms with van der Waals surface area (Å²) in [6.07, 6.45) is 7.96. The van der Waals surface area contributed by atoms with E-state index >= 15 is 0 Å². The maximum absolute atomic E-state index is 13.1. The number of hydrogen-bond acceptors (Lipinski definition) is 3. The Bertz CT molecular complexity index is 913. The minimum Gasteiger partial charge on any atom is -0.336 e. The first-order valence-corrected chi connectivity index (χ1v) is 11.2. The fourth-order valence-electron chi connectivity index (χ4n) is 3.89.